The molecular weight excluding hydrogens is 448 g/mol. The van der Waals surface area contributed by atoms with E-state index in [1.165, 1.54) is 41.8 Å². The van der Waals surface area contributed by atoms with Gasteiger partial charge in [-0.15, -0.1) is 11.3 Å². The molecule has 3 N–H and O–H groups in total. The first kappa shape index (κ1) is 23.4. The zero-order chi connectivity index (χ0) is 23.1. The Bertz CT molecular complexity index is 1160. The van der Waals surface area contributed by atoms with E-state index >= 15 is 0 Å². The third-order valence-corrected chi connectivity index (χ3v) is 7.02. The number of carbonyl (C=O) groups is 2. The Hall–Kier alpha value is -3.24. The second kappa shape index (κ2) is 10.4. The van der Waals surface area contributed by atoms with Crippen LogP contribution in [0.1, 0.15) is 37.0 Å². The van der Waals surface area contributed by atoms with Gasteiger partial charge in [0.1, 0.15) is 0 Å². The quantitative estimate of drug-likeness (QED) is 0.422. The lowest BCUT2D eigenvalue weighted by Crippen LogP contribution is -2.21. The summed E-state index contributed by atoms with van der Waals surface area (Å²) in [5.74, 6) is -0.424. The first-order valence-electron chi connectivity index (χ1n) is 10.1. The van der Waals surface area contributed by atoms with Crippen LogP contribution in [0.2, 0.25) is 0 Å². The van der Waals surface area contributed by atoms with E-state index in [4.69, 9.17) is 0 Å². The molecule has 3 rings (SSSR count). The standard InChI is InChI=1S/C22H24N4O4S2/c1-3-15(4-2)20(27)24-17-7-5-16(6-8-17)21(28)25-18-9-11-19(12-10-18)32(29,30)26-22-23-13-14-31-22/h5-15H,3-4H2,1-2H3,(H,23,26)(H,24,27)(H,25,28). The molecule has 168 valence electrons. The van der Waals surface area contributed by atoms with E-state index < -0.39 is 10.0 Å². The summed E-state index contributed by atoms with van der Waals surface area (Å²) in [5, 5.41) is 7.54. The van der Waals surface area contributed by atoms with Gasteiger partial charge in [-0.2, -0.15) is 0 Å². The van der Waals surface area contributed by atoms with Crippen molar-refractivity contribution in [1.29, 1.82) is 0 Å². The molecule has 3 aromatic rings. The van der Waals surface area contributed by atoms with E-state index in [1.54, 1.807) is 29.6 Å². The molecule has 0 spiro atoms. The van der Waals surface area contributed by atoms with Crippen LogP contribution in [0.4, 0.5) is 16.5 Å². The number of rotatable bonds is 9. The van der Waals surface area contributed by atoms with Gasteiger partial charge >= 0.3 is 0 Å². The van der Waals surface area contributed by atoms with Gasteiger partial charge < -0.3 is 10.6 Å². The van der Waals surface area contributed by atoms with Crippen molar-refractivity contribution < 1.29 is 18.0 Å². The number of hydrogen-bond donors (Lipinski definition) is 3. The Balaban J connectivity index is 1.61. The zero-order valence-corrected chi connectivity index (χ0v) is 19.3. The van der Waals surface area contributed by atoms with Crippen molar-refractivity contribution in [1.82, 2.24) is 4.98 Å². The Morgan fingerprint density at radius 3 is 2.09 bits per heavy atom. The molecule has 0 aliphatic carbocycles. The van der Waals surface area contributed by atoms with E-state index in [0.29, 0.717) is 16.9 Å². The van der Waals surface area contributed by atoms with Gasteiger partial charge in [-0.05, 0) is 61.4 Å². The molecule has 0 saturated carbocycles. The summed E-state index contributed by atoms with van der Waals surface area (Å²) in [6, 6.07) is 12.4. The lowest BCUT2D eigenvalue weighted by molar-refractivity contribution is -0.120. The molecule has 10 heteroatoms. The van der Waals surface area contributed by atoms with E-state index in [-0.39, 0.29) is 27.8 Å². The SMILES string of the molecule is CCC(CC)C(=O)Nc1ccc(C(=O)Nc2ccc(S(=O)(=O)Nc3nccs3)cc2)cc1. The summed E-state index contributed by atoms with van der Waals surface area (Å²) in [6.07, 6.45) is 3.04. The van der Waals surface area contributed by atoms with E-state index in [9.17, 15) is 18.0 Å². The van der Waals surface area contributed by atoms with Crippen molar-refractivity contribution >= 4 is 49.7 Å². The largest absolute Gasteiger partial charge is 0.326 e. The fraction of sp³-hybridized carbons (Fsp3) is 0.227. The van der Waals surface area contributed by atoms with Gasteiger partial charge in [0.05, 0.1) is 4.90 Å². The second-order valence-corrected chi connectivity index (χ2v) is 9.58. The molecular formula is C22H24N4O4S2. The average Bonchev–Trinajstić information content (AvgIpc) is 3.28. The molecule has 0 unspecified atom stereocenters. The molecule has 0 radical (unpaired) electrons. The van der Waals surface area contributed by atoms with Crippen molar-refractivity contribution in [3.63, 3.8) is 0 Å². The molecule has 0 saturated heterocycles. The Labute approximate surface area is 191 Å². The predicted octanol–water partition coefficient (Wildman–Crippen LogP) is 4.57. The van der Waals surface area contributed by atoms with Gasteiger partial charge in [0.15, 0.2) is 5.13 Å². The minimum atomic E-state index is -3.75. The molecule has 0 aliphatic heterocycles. The van der Waals surface area contributed by atoms with Crippen LogP contribution >= 0.6 is 11.3 Å². The van der Waals surface area contributed by atoms with Gasteiger partial charge in [-0.3, -0.25) is 14.3 Å². The number of nitrogens with one attached hydrogen (secondary N) is 3. The van der Waals surface area contributed by atoms with Crippen molar-refractivity contribution in [2.45, 2.75) is 31.6 Å². The number of thiazole rings is 1. The summed E-state index contributed by atoms with van der Waals surface area (Å²) in [7, 11) is -3.75. The molecule has 0 atom stereocenters. The van der Waals surface area contributed by atoms with Crippen LogP contribution in [-0.2, 0) is 14.8 Å². The second-order valence-electron chi connectivity index (χ2n) is 7.00. The van der Waals surface area contributed by atoms with Crippen LogP contribution < -0.4 is 15.4 Å². The number of aromatic nitrogens is 1. The number of benzene rings is 2. The van der Waals surface area contributed by atoms with Crippen LogP contribution in [0, 0.1) is 5.92 Å². The number of nitrogens with zero attached hydrogens (tertiary/aromatic N) is 1. The van der Waals surface area contributed by atoms with Crippen LogP contribution in [0.5, 0.6) is 0 Å². The van der Waals surface area contributed by atoms with E-state index in [0.717, 1.165) is 12.8 Å². The Kier molecular flexibility index (Phi) is 7.60. The summed E-state index contributed by atoms with van der Waals surface area (Å²) < 4.78 is 27.2. The third-order valence-electron chi connectivity index (χ3n) is 4.85. The maximum atomic E-state index is 12.5. The number of sulfonamides is 1. The fourth-order valence-corrected chi connectivity index (χ4v) is 4.77. The number of anilines is 3. The van der Waals surface area contributed by atoms with Crippen LogP contribution in [0.25, 0.3) is 0 Å². The van der Waals surface area contributed by atoms with Crippen LogP contribution in [0.3, 0.4) is 0 Å². The third kappa shape index (κ3) is 5.92. The van der Waals surface area contributed by atoms with Crippen molar-refractivity contribution in [2.75, 3.05) is 15.4 Å². The number of hydrogen-bond acceptors (Lipinski definition) is 6. The highest BCUT2D eigenvalue weighted by Crippen LogP contribution is 2.20. The molecule has 2 amide bonds. The lowest BCUT2D eigenvalue weighted by Gasteiger charge is -2.13. The molecule has 2 aromatic carbocycles. The number of amides is 2. The maximum absolute atomic E-state index is 12.5. The molecule has 0 bridgehead atoms. The van der Waals surface area contributed by atoms with Gasteiger partial charge in [0.25, 0.3) is 15.9 Å². The monoisotopic (exact) mass is 472 g/mol. The van der Waals surface area contributed by atoms with Crippen molar-refractivity contribution in [3.05, 3.63) is 65.7 Å². The average molecular weight is 473 g/mol. The summed E-state index contributed by atoms with van der Waals surface area (Å²) >= 11 is 1.18. The van der Waals surface area contributed by atoms with Crippen LogP contribution in [0.15, 0.2) is 65.0 Å². The molecule has 1 aromatic heterocycles. The molecule has 0 aliphatic rings. The topological polar surface area (TPSA) is 117 Å². The maximum Gasteiger partial charge on any atom is 0.263 e. The first-order valence-corrected chi connectivity index (χ1v) is 12.4. The Morgan fingerprint density at radius 1 is 0.938 bits per heavy atom. The summed E-state index contributed by atoms with van der Waals surface area (Å²) in [6.45, 7) is 3.95. The predicted molar refractivity (Wildman–Crippen MR) is 126 cm³/mol. The van der Waals surface area contributed by atoms with Crippen LogP contribution in [-0.4, -0.2) is 25.2 Å². The normalized spacial score (nSPS) is 11.2. The first-order chi connectivity index (χ1) is 15.3. The lowest BCUT2D eigenvalue weighted by atomic mass is 10.0. The van der Waals surface area contributed by atoms with Crippen molar-refractivity contribution in [3.8, 4) is 0 Å². The highest BCUT2D eigenvalue weighted by Gasteiger charge is 2.16. The fourth-order valence-electron chi connectivity index (χ4n) is 2.98. The highest BCUT2D eigenvalue weighted by molar-refractivity contribution is 7.93. The minimum absolute atomic E-state index is 0.0356. The van der Waals surface area contributed by atoms with E-state index in [1.807, 2.05) is 13.8 Å². The zero-order valence-electron chi connectivity index (χ0n) is 17.7. The minimum Gasteiger partial charge on any atom is -0.326 e. The molecule has 0 fully saturated rings. The van der Waals surface area contributed by atoms with E-state index in [2.05, 4.69) is 20.3 Å². The smallest absolute Gasteiger partial charge is 0.263 e. The molecule has 1 heterocycles. The molecule has 32 heavy (non-hydrogen) atoms. The highest BCUT2D eigenvalue weighted by atomic mass is 32.2. The number of carbonyl (C=O) groups excluding carboxylic acids is 2. The van der Waals surface area contributed by atoms with Gasteiger partial charge in [0, 0.05) is 34.4 Å². The Morgan fingerprint density at radius 2 is 1.53 bits per heavy atom. The summed E-state index contributed by atoms with van der Waals surface area (Å²) in [4.78, 5) is 28.6. The summed E-state index contributed by atoms with van der Waals surface area (Å²) in [5.41, 5.74) is 1.49. The van der Waals surface area contributed by atoms with Gasteiger partial charge in [-0.1, -0.05) is 13.8 Å². The van der Waals surface area contributed by atoms with Crippen molar-refractivity contribution in [2.24, 2.45) is 5.92 Å². The molecule has 8 nitrogen and oxygen atoms in total. The van der Waals surface area contributed by atoms with Gasteiger partial charge in [-0.25, -0.2) is 13.4 Å². The van der Waals surface area contributed by atoms with Gasteiger partial charge in [0.2, 0.25) is 5.91 Å².